The fraction of sp³-hybridized carbons (Fsp3) is 0.636. The molecule has 2 amide bonds. The first-order chi connectivity index (χ1) is 14.4. The number of benzene rings is 1. The van der Waals surface area contributed by atoms with E-state index in [4.69, 9.17) is 10.5 Å². The van der Waals surface area contributed by atoms with Crippen LogP contribution >= 0.6 is 0 Å². The Hall–Kier alpha value is -2.03. The highest BCUT2D eigenvalue weighted by Crippen LogP contribution is 2.28. The fourth-order valence-electron chi connectivity index (χ4n) is 4.01. The van der Waals surface area contributed by atoms with E-state index in [-0.39, 0.29) is 30.7 Å². The Morgan fingerprint density at radius 1 is 1.40 bits per heavy atom. The molecule has 1 saturated carbocycles. The second-order valence-corrected chi connectivity index (χ2v) is 8.65. The fourth-order valence-corrected chi connectivity index (χ4v) is 4.01. The van der Waals surface area contributed by atoms with Crippen LogP contribution < -0.4 is 16.0 Å². The standard InChI is InChI=1S/C22H33FN4O3/c1-15(2)12-26(13-16-4-3-5-16)20(11-24)22(29)25-19-7-6-17(10-18(19)23)27-8-9-30-14-21(27)28/h6-7,10,15-16,20H,3-5,8-9,11-14,24H2,1-2H3,(H,25,29)/t20-/m0/s1. The quantitative estimate of drug-likeness (QED) is 0.640. The third-order valence-electron chi connectivity index (χ3n) is 5.79. The number of nitrogens with zero attached hydrogens (tertiary/aromatic N) is 2. The maximum atomic E-state index is 14.7. The number of halogens is 1. The average Bonchev–Trinajstić information content (AvgIpc) is 2.66. The Balaban J connectivity index is 1.69. The van der Waals surface area contributed by atoms with Crippen LogP contribution in [0.1, 0.15) is 33.1 Å². The molecule has 0 radical (unpaired) electrons. The van der Waals surface area contributed by atoms with Crippen LogP contribution in [0.15, 0.2) is 18.2 Å². The summed E-state index contributed by atoms with van der Waals surface area (Å²) in [5, 5.41) is 2.70. The summed E-state index contributed by atoms with van der Waals surface area (Å²) in [5.74, 6) is -0.0838. The van der Waals surface area contributed by atoms with Gasteiger partial charge in [-0.25, -0.2) is 4.39 Å². The molecule has 1 aromatic rings. The van der Waals surface area contributed by atoms with E-state index in [9.17, 15) is 14.0 Å². The largest absolute Gasteiger partial charge is 0.370 e. The van der Waals surface area contributed by atoms with Gasteiger partial charge < -0.3 is 20.7 Å². The SMILES string of the molecule is CC(C)CN(CC1CCC1)[C@@H](CN)C(=O)Nc1ccc(N2CCOCC2=O)cc1F. The van der Waals surface area contributed by atoms with Crippen LogP contribution in [0, 0.1) is 17.7 Å². The van der Waals surface area contributed by atoms with Crippen molar-refractivity contribution in [3.8, 4) is 0 Å². The van der Waals surface area contributed by atoms with Gasteiger partial charge in [0.2, 0.25) is 5.91 Å². The van der Waals surface area contributed by atoms with Gasteiger partial charge in [0.25, 0.3) is 5.91 Å². The molecule has 2 fully saturated rings. The van der Waals surface area contributed by atoms with Crippen molar-refractivity contribution in [2.24, 2.45) is 17.6 Å². The summed E-state index contributed by atoms with van der Waals surface area (Å²) in [7, 11) is 0. The molecule has 2 aliphatic rings. The maximum Gasteiger partial charge on any atom is 0.253 e. The van der Waals surface area contributed by atoms with E-state index >= 15 is 0 Å². The number of ether oxygens (including phenoxy) is 1. The normalized spacial score (nSPS) is 18.6. The van der Waals surface area contributed by atoms with E-state index in [0.717, 1.165) is 13.1 Å². The summed E-state index contributed by atoms with van der Waals surface area (Å²) in [6.45, 7) is 6.80. The lowest BCUT2D eigenvalue weighted by atomic mass is 9.84. The molecule has 1 aliphatic heterocycles. The van der Waals surface area contributed by atoms with Gasteiger partial charge in [0, 0.05) is 31.9 Å². The predicted octanol–water partition coefficient (Wildman–Crippen LogP) is 2.21. The Kier molecular flexibility index (Phi) is 7.80. The van der Waals surface area contributed by atoms with Gasteiger partial charge in [-0.05, 0) is 42.9 Å². The predicted molar refractivity (Wildman–Crippen MR) is 115 cm³/mol. The number of morpholine rings is 1. The van der Waals surface area contributed by atoms with E-state index in [2.05, 4.69) is 24.1 Å². The summed E-state index contributed by atoms with van der Waals surface area (Å²) in [4.78, 5) is 28.6. The van der Waals surface area contributed by atoms with Crippen molar-refractivity contribution in [1.82, 2.24) is 4.90 Å². The molecular formula is C22H33FN4O3. The summed E-state index contributed by atoms with van der Waals surface area (Å²) < 4.78 is 19.8. The molecular weight excluding hydrogens is 387 g/mol. The molecule has 3 N–H and O–H groups in total. The van der Waals surface area contributed by atoms with Crippen LogP contribution in [0.4, 0.5) is 15.8 Å². The second kappa shape index (κ2) is 10.3. The van der Waals surface area contributed by atoms with Crippen LogP contribution in [0.25, 0.3) is 0 Å². The van der Waals surface area contributed by atoms with E-state index in [0.29, 0.717) is 30.7 Å². The zero-order chi connectivity index (χ0) is 21.7. The third-order valence-corrected chi connectivity index (χ3v) is 5.79. The summed E-state index contributed by atoms with van der Waals surface area (Å²) >= 11 is 0. The van der Waals surface area contributed by atoms with Gasteiger partial charge in [0.05, 0.1) is 12.3 Å². The molecule has 0 aromatic heterocycles. The van der Waals surface area contributed by atoms with Crippen molar-refractivity contribution in [3.05, 3.63) is 24.0 Å². The van der Waals surface area contributed by atoms with E-state index in [1.165, 1.54) is 36.3 Å². The number of carbonyl (C=O) groups excluding carboxylic acids is 2. The minimum absolute atomic E-state index is 0.00896. The van der Waals surface area contributed by atoms with Crippen molar-refractivity contribution in [3.63, 3.8) is 0 Å². The van der Waals surface area contributed by atoms with Gasteiger partial charge in [-0.1, -0.05) is 20.3 Å². The van der Waals surface area contributed by atoms with Gasteiger partial charge in [-0.3, -0.25) is 14.5 Å². The molecule has 3 rings (SSSR count). The van der Waals surface area contributed by atoms with Crippen molar-refractivity contribution in [1.29, 1.82) is 0 Å². The Bertz CT molecular complexity index is 754. The monoisotopic (exact) mass is 420 g/mol. The van der Waals surface area contributed by atoms with Crippen LogP contribution in [0.5, 0.6) is 0 Å². The third kappa shape index (κ3) is 5.56. The lowest BCUT2D eigenvalue weighted by Crippen LogP contribution is -2.52. The van der Waals surface area contributed by atoms with E-state index in [1.807, 2.05) is 0 Å². The van der Waals surface area contributed by atoms with Gasteiger partial charge in [-0.2, -0.15) is 0 Å². The summed E-state index contributed by atoms with van der Waals surface area (Å²) in [6.07, 6.45) is 3.61. The van der Waals surface area contributed by atoms with Gasteiger partial charge in [0.15, 0.2) is 0 Å². The van der Waals surface area contributed by atoms with E-state index in [1.54, 1.807) is 6.07 Å². The number of hydrogen-bond donors (Lipinski definition) is 2. The molecule has 1 aromatic carbocycles. The number of hydrogen-bond acceptors (Lipinski definition) is 5. The zero-order valence-electron chi connectivity index (χ0n) is 17.9. The Labute approximate surface area is 177 Å². The Morgan fingerprint density at radius 3 is 2.73 bits per heavy atom. The minimum Gasteiger partial charge on any atom is -0.370 e. The van der Waals surface area contributed by atoms with Crippen molar-refractivity contribution in [2.45, 2.75) is 39.2 Å². The number of nitrogens with two attached hydrogens (primary N) is 1. The smallest absolute Gasteiger partial charge is 0.253 e. The van der Waals surface area contributed by atoms with Gasteiger partial charge in [-0.15, -0.1) is 0 Å². The molecule has 0 unspecified atom stereocenters. The van der Waals surface area contributed by atoms with E-state index < -0.39 is 11.9 Å². The van der Waals surface area contributed by atoms with Crippen LogP contribution in [0.2, 0.25) is 0 Å². The highest BCUT2D eigenvalue weighted by atomic mass is 19.1. The highest BCUT2D eigenvalue weighted by Gasteiger charge is 2.30. The molecule has 30 heavy (non-hydrogen) atoms. The molecule has 1 saturated heterocycles. The number of rotatable bonds is 9. The van der Waals surface area contributed by atoms with Crippen molar-refractivity contribution in [2.75, 3.05) is 49.6 Å². The highest BCUT2D eigenvalue weighted by molar-refractivity contribution is 5.97. The van der Waals surface area contributed by atoms with Crippen LogP contribution in [0.3, 0.4) is 0 Å². The minimum atomic E-state index is -0.578. The molecule has 0 spiro atoms. The molecule has 8 heteroatoms. The summed E-state index contributed by atoms with van der Waals surface area (Å²) in [5.41, 5.74) is 6.51. The number of anilines is 2. The first kappa shape index (κ1) is 22.7. The number of nitrogens with one attached hydrogen (secondary N) is 1. The first-order valence-electron chi connectivity index (χ1n) is 10.8. The topological polar surface area (TPSA) is 87.9 Å². The van der Waals surface area contributed by atoms with Crippen LogP contribution in [-0.4, -0.2) is 62.1 Å². The Morgan fingerprint density at radius 2 is 2.17 bits per heavy atom. The molecule has 1 atom stereocenters. The molecule has 1 aliphatic carbocycles. The molecule has 0 bridgehead atoms. The first-order valence-corrected chi connectivity index (χ1v) is 10.8. The summed E-state index contributed by atoms with van der Waals surface area (Å²) in [6, 6.07) is 3.90. The molecule has 7 nitrogen and oxygen atoms in total. The lowest BCUT2D eigenvalue weighted by molar-refractivity contribution is -0.125. The van der Waals surface area contributed by atoms with Gasteiger partial charge in [0.1, 0.15) is 18.5 Å². The van der Waals surface area contributed by atoms with Crippen molar-refractivity contribution >= 4 is 23.2 Å². The molecule has 1 heterocycles. The second-order valence-electron chi connectivity index (χ2n) is 8.65. The number of carbonyl (C=O) groups is 2. The average molecular weight is 421 g/mol. The maximum absolute atomic E-state index is 14.7. The van der Waals surface area contributed by atoms with Crippen LogP contribution in [-0.2, 0) is 14.3 Å². The number of amides is 2. The molecule has 166 valence electrons. The van der Waals surface area contributed by atoms with Gasteiger partial charge >= 0.3 is 0 Å². The van der Waals surface area contributed by atoms with Crippen molar-refractivity contribution < 1.29 is 18.7 Å². The zero-order valence-corrected chi connectivity index (χ0v) is 17.9. The lowest BCUT2D eigenvalue weighted by Gasteiger charge is -2.37.